The van der Waals surface area contributed by atoms with Gasteiger partial charge >= 0.3 is 12.1 Å². The first-order chi connectivity index (χ1) is 7.66. The van der Waals surface area contributed by atoms with E-state index in [-0.39, 0.29) is 0 Å². The fourth-order valence-corrected chi connectivity index (χ4v) is 0.804. The second-order valence-corrected chi connectivity index (χ2v) is 3.28. The van der Waals surface area contributed by atoms with Gasteiger partial charge in [0.05, 0.1) is 5.69 Å². The quantitative estimate of drug-likeness (QED) is 0.794. The molecule has 0 atom stereocenters. The minimum Gasteiger partial charge on any atom is -0.475 e. The van der Waals surface area contributed by atoms with Crippen LogP contribution in [0, 0.1) is 0 Å². The Morgan fingerprint density at radius 1 is 1.35 bits per heavy atom. The van der Waals surface area contributed by atoms with Crippen LogP contribution < -0.4 is 5.73 Å². The zero-order valence-electron chi connectivity index (χ0n) is 9.19. The second-order valence-electron chi connectivity index (χ2n) is 3.28. The summed E-state index contributed by atoms with van der Waals surface area (Å²) in [7, 11) is 0. The molecule has 0 saturated heterocycles. The summed E-state index contributed by atoms with van der Waals surface area (Å²) in [6, 6.07) is 0. The number of nitrogen functional groups attached to an aromatic ring is 1. The molecular formula is C9H12F3N3O2. The third-order valence-electron chi connectivity index (χ3n) is 1.55. The number of aromatic nitrogens is 2. The van der Waals surface area contributed by atoms with Crippen molar-refractivity contribution < 1.29 is 23.1 Å². The summed E-state index contributed by atoms with van der Waals surface area (Å²) in [5, 5.41) is 7.12. The molecule has 0 unspecified atom stereocenters. The Hall–Kier alpha value is -1.86. The molecule has 0 aromatic carbocycles. The number of halogens is 3. The summed E-state index contributed by atoms with van der Waals surface area (Å²) < 4.78 is 31.7. The average Bonchev–Trinajstić information content (AvgIpc) is 2.17. The number of carbonyl (C=O) groups is 1. The summed E-state index contributed by atoms with van der Waals surface area (Å²) >= 11 is 0. The Kier molecular flexibility index (Phi) is 5.36. The molecule has 17 heavy (non-hydrogen) atoms. The van der Waals surface area contributed by atoms with E-state index in [0.717, 1.165) is 5.69 Å². The van der Waals surface area contributed by atoms with Crippen molar-refractivity contribution in [1.29, 1.82) is 0 Å². The molecular weight excluding hydrogens is 239 g/mol. The van der Waals surface area contributed by atoms with E-state index < -0.39 is 12.1 Å². The smallest absolute Gasteiger partial charge is 0.475 e. The van der Waals surface area contributed by atoms with Crippen molar-refractivity contribution in [3.63, 3.8) is 0 Å². The number of carboxylic acids is 1. The lowest BCUT2D eigenvalue weighted by Crippen LogP contribution is -2.21. The van der Waals surface area contributed by atoms with E-state index in [1.807, 2.05) is 13.8 Å². The van der Waals surface area contributed by atoms with Crippen molar-refractivity contribution in [3.8, 4) is 0 Å². The highest BCUT2D eigenvalue weighted by molar-refractivity contribution is 5.73. The van der Waals surface area contributed by atoms with Crippen LogP contribution in [0.15, 0.2) is 12.4 Å². The van der Waals surface area contributed by atoms with Gasteiger partial charge in [0.1, 0.15) is 5.82 Å². The van der Waals surface area contributed by atoms with Crippen LogP contribution in [0.3, 0.4) is 0 Å². The van der Waals surface area contributed by atoms with Gasteiger partial charge in [-0.1, -0.05) is 13.8 Å². The normalized spacial score (nSPS) is 10.7. The van der Waals surface area contributed by atoms with E-state index in [2.05, 4.69) is 9.97 Å². The molecule has 1 aromatic rings. The largest absolute Gasteiger partial charge is 0.490 e. The molecule has 0 radical (unpaired) electrons. The van der Waals surface area contributed by atoms with Gasteiger partial charge in [0, 0.05) is 12.4 Å². The van der Waals surface area contributed by atoms with E-state index in [0.29, 0.717) is 11.7 Å². The fourth-order valence-electron chi connectivity index (χ4n) is 0.804. The molecule has 3 N–H and O–H groups in total. The van der Waals surface area contributed by atoms with Gasteiger partial charge < -0.3 is 10.8 Å². The molecule has 0 fully saturated rings. The Balaban J connectivity index is 0.000000325. The van der Waals surface area contributed by atoms with Crippen molar-refractivity contribution >= 4 is 11.8 Å². The summed E-state index contributed by atoms with van der Waals surface area (Å²) in [4.78, 5) is 16.9. The van der Waals surface area contributed by atoms with Crippen LogP contribution in [-0.4, -0.2) is 27.2 Å². The summed E-state index contributed by atoms with van der Waals surface area (Å²) in [5.74, 6) is -1.86. The number of hydrogen-bond donors (Lipinski definition) is 2. The zero-order chi connectivity index (χ0) is 13.6. The van der Waals surface area contributed by atoms with Crippen LogP contribution in [0.4, 0.5) is 19.0 Å². The lowest BCUT2D eigenvalue weighted by atomic mass is 10.1. The minimum absolute atomic E-state index is 0.355. The van der Waals surface area contributed by atoms with E-state index in [4.69, 9.17) is 15.6 Å². The number of nitrogens with two attached hydrogens (primary N) is 1. The van der Waals surface area contributed by atoms with Crippen LogP contribution in [0.2, 0.25) is 0 Å². The van der Waals surface area contributed by atoms with Gasteiger partial charge in [0.15, 0.2) is 0 Å². The number of rotatable bonds is 1. The Morgan fingerprint density at radius 3 is 2.00 bits per heavy atom. The van der Waals surface area contributed by atoms with Crippen molar-refractivity contribution in [2.45, 2.75) is 25.9 Å². The molecule has 1 rings (SSSR count). The van der Waals surface area contributed by atoms with Gasteiger partial charge in [0.2, 0.25) is 0 Å². The second kappa shape index (κ2) is 6.02. The maximum absolute atomic E-state index is 10.6. The van der Waals surface area contributed by atoms with E-state index in [9.17, 15) is 13.2 Å². The van der Waals surface area contributed by atoms with Gasteiger partial charge in [-0.3, -0.25) is 4.98 Å². The Labute approximate surface area is 95.5 Å². The first kappa shape index (κ1) is 15.1. The van der Waals surface area contributed by atoms with Crippen LogP contribution >= 0.6 is 0 Å². The molecule has 1 aromatic heterocycles. The van der Waals surface area contributed by atoms with Gasteiger partial charge in [-0.05, 0) is 5.92 Å². The Morgan fingerprint density at radius 2 is 1.76 bits per heavy atom. The molecule has 96 valence electrons. The predicted octanol–water partition coefficient (Wildman–Crippen LogP) is 1.82. The summed E-state index contributed by atoms with van der Waals surface area (Å²) in [6.07, 6.45) is -1.83. The average molecular weight is 251 g/mol. The number of aliphatic carboxylic acids is 1. The summed E-state index contributed by atoms with van der Waals surface area (Å²) in [6.45, 7) is 4.08. The van der Waals surface area contributed by atoms with Crippen molar-refractivity contribution in [2.75, 3.05) is 5.73 Å². The first-order valence-electron chi connectivity index (χ1n) is 4.52. The topological polar surface area (TPSA) is 89.1 Å². The van der Waals surface area contributed by atoms with Gasteiger partial charge in [0.25, 0.3) is 0 Å². The molecule has 0 aliphatic heterocycles. The molecule has 0 amide bonds. The number of hydrogen-bond acceptors (Lipinski definition) is 4. The van der Waals surface area contributed by atoms with Crippen molar-refractivity contribution in [2.24, 2.45) is 0 Å². The van der Waals surface area contributed by atoms with Gasteiger partial charge in [-0.2, -0.15) is 13.2 Å². The minimum atomic E-state index is -5.08. The van der Waals surface area contributed by atoms with Crippen LogP contribution in [-0.2, 0) is 4.79 Å². The molecule has 0 aliphatic carbocycles. The maximum atomic E-state index is 10.6. The monoisotopic (exact) mass is 251 g/mol. The van der Waals surface area contributed by atoms with Crippen molar-refractivity contribution in [1.82, 2.24) is 9.97 Å². The number of alkyl halides is 3. The van der Waals surface area contributed by atoms with Crippen LogP contribution in [0.5, 0.6) is 0 Å². The highest BCUT2D eigenvalue weighted by Gasteiger charge is 2.38. The third-order valence-corrected chi connectivity index (χ3v) is 1.55. The van der Waals surface area contributed by atoms with E-state index >= 15 is 0 Å². The van der Waals surface area contributed by atoms with E-state index in [1.165, 1.54) is 0 Å². The first-order valence-corrected chi connectivity index (χ1v) is 4.52. The molecule has 0 aliphatic rings. The highest BCUT2D eigenvalue weighted by Crippen LogP contribution is 2.14. The standard InChI is InChI=1S/C7H11N3.C2HF3O2/c1-5(2)6-7(8)10-4-3-9-6;3-2(4,5)1(6)7/h3-5H,1-2H3,(H2,8,10);(H,6,7). The molecule has 1 heterocycles. The third kappa shape index (κ3) is 5.69. The SMILES string of the molecule is CC(C)c1nccnc1N.O=C(O)C(F)(F)F. The Bertz CT molecular complexity index is 380. The van der Waals surface area contributed by atoms with Crippen LogP contribution in [0.1, 0.15) is 25.5 Å². The molecule has 5 nitrogen and oxygen atoms in total. The predicted molar refractivity (Wildman–Crippen MR) is 54.2 cm³/mol. The summed E-state index contributed by atoms with van der Waals surface area (Å²) in [5.41, 5.74) is 6.43. The van der Waals surface area contributed by atoms with Crippen LogP contribution in [0.25, 0.3) is 0 Å². The fraction of sp³-hybridized carbons (Fsp3) is 0.444. The highest BCUT2D eigenvalue weighted by atomic mass is 19.4. The molecule has 0 saturated carbocycles. The molecule has 0 bridgehead atoms. The lowest BCUT2D eigenvalue weighted by molar-refractivity contribution is -0.192. The number of anilines is 1. The maximum Gasteiger partial charge on any atom is 0.490 e. The van der Waals surface area contributed by atoms with Gasteiger partial charge in [-0.15, -0.1) is 0 Å². The number of nitrogens with zero attached hydrogens (tertiary/aromatic N) is 2. The number of carboxylic acid groups (broad SMARTS) is 1. The molecule has 8 heteroatoms. The zero-order valence-corrected chi connectivity index (χ0v) is 9.19. The lowest BCUT2D eigenvalue weighted by Gasteiger charge is -2.04. The van der Waals surface area contributed by atoms with Gasteiger partial charge in [-0.25, -0.2) is 9.78 Å². The van der Waals surface area contributed by atoms with Crippen molar-refractivity contribution in [3.05, 3.63) is 18.1 Å². The van der Waals surface area contributed by atoms with E-state index in [1.54, 1.807) is 12.4 Å². The molecule has 0 spiro atoms.